The summed E-state index contributed by atoms with van der Waals surface area (Å²) in [5.41, 5.74) is 4.13. The first-order valence-electron chi connectivity index (χ1n) is 7.74. The second-order valence-corrected chi connectivity index (χ2v) is 9.03. The molecule has 0 saturated carbocycles. The maximum atomic E-state index is 11.0. The van der Waals surface area contributed by atoms with Crippen LogP contribution in [0.3, 0.4) is 0 Å². The number of methoxy groups -OCH3 is 1. The minimum absolute atomic E-state index is 0.329. The largest absolute Gasteiger partial charge is 0.391 e. The lowest BCUT2D eigenvalue weighted by molar-refractivity contribution is -0.149. The van der Waals surface area contributed by atoms with E-state index in [1.54, 1.807) is 7.11 Å². The molecule has 0 radical (unpaired) electrons. The summed E-state index contributed by atoms with van der Waals surface area (Å²) in [6.45, 7) is 20.2. The lowest BCUT2D eigenvalue weighted by Gasteiger charge is -2.53. The summed E-state index contributed by atoms with van der Waals surface area (Å²) in [4.78, 5) is 0. The molecule has 0 bridgehead atoms. The highest BCUT2D eigenvalue weighted by atomic mass is 16.5. The first kappa shape index (κ1) is 20.8. The Labute approximate surface area is 131 Å². The van der Waals surface area contributed by atoms with Crippen LogP contribution in [0.2, 0.25) is 0 Å². The van der Waals surface area contributed by atoms with Crippen molar-refractivity contribution in [2.45, 2.75) is 97.6 Å². The van der Waals surface area contributed by atoms with Gasteiger partial charge in [-0.1, -0.05) is 13.8 Å². The molecule has 0 heterocycles. The minimum atomic E-state index is -0.610. The zero-order valence-corrected chi connectivity index (χ0v) is 16.0. The summed E-state index contributed by atoms with van der Waals surface area (Å²) < 4.78 is 5.60. The van der Waals surface area contributed by atoms with E-state index >= 15 is 0 Å². The number of nitrogens with two attached hydrogens (primary N) is 1. The minimum Gasteiger partial charge on any atom is -0.391 e. The Bertz CT molecular complexity index is 352. The van der Waals surface area contributed by atoms with E-state index in [1.165, 1.54) is 0 Å². The van der Waals surface area contributed by atoms with Gasteiger partial charge in [0.1, 0.15) is 0 Å². The van der Waals surface area contributed by atoms with E-state index in [9.17, 15) is 5.11 Å². The van der Waals surface area contributed by atoms with Crippen molar-refractivity contribution in [1.29, 1.82) is 0 Å². The van der Waals surface area contributed by atoms with Crippen molar-refractivity contribution in [3.8, 4) is 0 Å². The average Bonchev–Trinajstić information content (AvgIpc) is 2.24. The highest BCUT2D eigenvalue weighted by molar-refractivity contribution is 5.07. The van der Waals surface area contributed by atoms with Gasteiger partial charge in [-0.2, -0.15) is 0 Å². The van der Waals surface area contributed by atoms with Crippen LogP contribution in [0.15, 0.2) is 0 Å². The third-order valence-electron chi connectivity index (χ3n) is 5.67. The first-order chi connectivity index (χ1) is 8.92. The molecule has 4 nitrogen and oxygen atoms in total. The fourth-order valence-electron chi connectivity index (χ4n) is 2.53. The van der Waals surface area contributed by atoms with Crippen molar-refractivity contribution in [3.05, 3.63) is 0 Å². The number of ether oxygens (including phenoxy) is 1. The summed E-state index contributed by atoms with van der Waals surface area (Å²) in [6, 6.07) is 0. The predicted octanol–water partition coefficient (Wildman–Crippen LogP) is 2.68. The molecule has 21 heavy (non-hydrogen) atoms. The highest BCUT2D eigenvalue weighted by Gasteiger charge is 2.51. The summed E-state index contributed by atoms with van der Waals surface area (Å²) in [5, 5.41) is 14.6. The summed E-state index contributed by atoms with van der Waals surface area (Å²) >= 11 is 0. The van der Waals surface area contributed by atoms with E-state index in [4.69, 9.17) is 10.5 Å². The van der Waals surface area contributed by atoms with Gasteiger partial charge in [0.15, 0.2) is 0 Å². The zero-order chi connectivity index (χ0) is 17.5. The molecule has 4 heteroatoms. The standard InChI is InChI=1S/C17H38N2O2/c1-13(2,17(9,10)21-11)12(20)14(3,4)19-16(7,8)15(5,6)18/h12,19-20H,18H2,1-11H3. The lowest BCUT2D eigenvalue weighted by atomic mass is 9.66. The van der Waals surface area contributed by atoms with Gasteiger partial charge < -0.3 is 20.9 Å². The van der Waals surface area contributed by atoms with E-state index in [0.717, 1.165) is 0 Å². The topological polar surface area (TPSA) is 67.5 Å². The number of rotatable bonds is 7. The first-order valence-corrected chi connectivity index (χ1v) is 7.74. The highest BCUT2D eigenvalue weighted by Crippen LogP contribution is 2.41. The van der Waals surface area contributed by atoms with Crippen molar-refractivity contribution in [1.82, 2.24) is 5.32 Å². The van der Waals surface area contributed by atoms with Gasteiger partial charge in [-0.3, -0.25) is 0 Å². The van der Waals surface area contributed by atoms with Gasteiger partial charge in [-0.15, -0.1) is 0 Å². The third-order valence-corrected chi connectivity index (χ3v) is 5.67. The van der Waals surface area contributed by atoms with Crippen molar-refractivity contribution in [3.63, 3.8) is 0 Å². The van der Waals surface area contributed by atoms with Gasteiger partial charge >= 0.3 is 0 Å². The molecule has 0 rings (SSSR count). The van der Waals surface area contributed by atoms with Crippen LogP contribution < -0.4 is 11.1 Å². The number of hydrogen-bond donors (Lipinski definition) is 3. The average molecular weight is 303 g/mol. The molecule has 0 aromatic carbocycles. The van der Waals surface area contributed by atoms with E-state index < -0.39 is 28.2 Å². The van der Waals surface area contributed by atoms with Gasteiger partial charge in [-0.05, 0) is 55.4 Å². The maximum Gasteiger partial charge on any atom is 0.0794 e. The molecule has 1 unspecified atom stereocenters. The second-order valence-electron chi connectivity index (χ2n) is 9.03. The summed E-state index contributed by atoms with van der Waals surface area (Å²) in [5.74, 6) is 0. The van der Waals surface area contributed by atoms with Crippen LogP contribution in [-0.2, 0) is 4.74 Å². The quantitative estimate of drug-likeness (QED) is 0.676. The Morgan fingerprint density at radius 2 is 1.29 bits per heavy atom. The number of hydrogen-bond acceptors (Lipinski definition) is 4. The van der Waals surface area contributed by atoms with Crippen LogP contribution in [0, 0.1) is 5.41 Å². The van der Waals surface area contributed by atoms with Crippen LogP contribution in [0.4, 0.5) is 0 Å². The number of aliphatic hydroxyl groups excluding tert-OH is 1. The summed E-state index contributed by atoms with van der Waals surface area (Å²) in [6.07, 6.45) is -0.610. The molecule has 0 amide bonds. The van der Waals surface area contributed by atoms with Gasteiger partial charge in [0.25, 0.3) is 0 Å². The second kappa shape index (κ2) is 5.80. The molecule has 4 N–H and O–H groups in total. The SMILES string of the molecule is COC(C)(C)C(C)(C)C(O)C(C)(C)NC(C)(C)C(C)(C)N. The Kier molecular flexibility index (Phi) is 5.76. The maximum absolute atomic E-state index is 11.0. The van der Waals surface area contributed by atoms with Gasteiger partial charge in [0.2, 0.25) is 0 Å². The van der Waals surface area contributed by atoms with E-state index in [-0.39, 0.29) is 5.54 Å². The van der Waals surface area contributed by atoms with Crippen molar-refractivity contribution in [2.24, 2.45) is 11.1 Å². The number of aliphatic hydroxyl groups is 1. The zero-order valence-electron chi connectivity index (χ0n) is 16.0. The molecule has 0 fully saturated rings. The normalized spacial score (nSPS) is 17.0. The molecule has 0 aromatic heterocycles. The molecule has 1 atom stereocenters. The Morgan fingerprint density at radius 1 is 0.905 bits per heavy atom. The molecule has 0 aromatic rings. The Balaban J connectivity index is 5.44. The van der Waals surface area contributed by atoms with Crippen molar-refractivity contribution >= 4 is 0 Å². The Morgan fingerprint density at radius 3 is 1.57 bits per heavy atom. The van der Waals surface area contributed by atoms with Crippen LogP contribution in [0.5, 0.6) is 0 Å². The van der Waals surface area contributed by atoms with Gasteiger partial charge in [0.05, 0.1) is 11.7 Å². The molecular weight excluding hydrogens is 264 g/mol. The lowest BCUT2D eigenvalue weighted by Crippen LogP contribution is -2.71. The molecule has 0 saturated heterocycles. The molecule has 0 aliphatic carbocycles. The van der Waals surface area contributed by atoms with Crippen molar-refractivity contribution in [2.75, 3.05) is 7.11 Å². The van der Waals surface area contributed by atoms with E-state index in [1.807, 2.05) is 55.4 Å². The predicted molar refractivity (Wildman–Crippen MR) is 90.4 cm³/mol. The smallest absolute Gasteiger partial charge is 0.0794 e. The summed E-state index contributed by atoms with van der Waals surface area (Å²) in [7, 11) is 1.68. The third kappa shape index (κ3) is 4.19. The molecular formula is C17H38N2O2. The fraction of sp³-hybridized carbons (Fsp3) is 1.00. The number of nitrogens with one attached hydrogen (secondary N) is 1. The van der Waals surface area contributed by atoms with Crippen LogP contribution >= 0.6 is 0 Å². The Hall–Kier alpha value is -0.160. The van der Waals surface area contributed by atoms with E-state index in [0.29, 0.717) is 0 Å². The molecule has 0 aliphatic heterocycles. The van der Waals surface area contributed by atoms with Gasteiger partial charge in [0, 0.05) is 29.1 Å². The molecule has 128 valence electrons. The van der Waals surface area contributed by atoms with Gasteiger partial charge in [-0.25, -0.2) is 0 Å². The molecule has 0 aliphatic rings. The van der Waals surface area contributed by atoms with E-state index in [2.05, 4.69) is 19.2 Å². The van der Waals surface area contributed by atoms with Crippen LogP contribution in [-0.4, -0.2) is 40.5 Å². The van der Waals surface area contributed by atoms with Crippen molar-refractivity contribution < 1.29 is 9.84 Å². The fourth-order valence-corrected chi connectivity index (χ4v) is 2.53. The van der Waals surface area contributed by atoms with Crippen LogP contribution in [0.1, 0.15) is 69.2 Å². The monoisotopic (exact) mass is 302 g/mol. The van der Waals surface area contributed by atoms with Crippen LogP contribution in [0.25, 0.3) is 0 Å². The molecule has 0 spiro atoms.